The monoisotopic (exact) mass is 284 g/mol. The molecule has 1 unspecified atom stereocenters. The zero-order valence-electron chi connectivity index (χ0n) is 10.5. The minimum absolute atomic E-state index is 0.284. The van der Waals surface area contributed by atoms with Crippen molar-refractivity contribution in [2.45, 2.75) is 11.8 Å². The van der Waals surface area contributed by atoms with E-state index in [9.17, 15) is 18.0 Å². The number of alkyl halides is 3. The van der Waals surface area contributed by atoms with Gasteiger partial charge < -0.3 is 4.74 Å². The van der Waals surface area contributed by atoms with E-state index >= 15 is 0 Å². The number of methoxy groups -OCH3 is 1. The van der Waals surface area contributed by atoms with E-state index in [0.717, 1.165) is 24.2 Å². The summed E-state index contributed by atoms with van der Waals surface area (Å²) in [5, 5.41) is 0. The molecule has 2 aromatic rings. The molecule has 0 aliphatic carbocycles. The first-order chi connectivity index (χ1) is 9.43. The molecule has 1 aromatic carbocycles. The first-order valence-electron chi connectivity index (χ1n) is 5.63. The first-order valence-corrected chi connectivity index (χ1v) is 5.63. The molecule has 1 atom stereocenters. The van der Waals surface area contributed by atoms with Gasteiger partial charge >= 0.3 is 6.18 Å². The van der Waals surface area contributed by atoms with Gasteiger partial charge in [0.05, 0.1) is 0 Å². The summed E-state index contributed by atoms with van der Waals surface area (Å²) in [5.74, 6) is -1.27. The highest BCUT2D eigenvalue weighted by molar-refractivity contribution is 5.89. The minimum atomic E-state index is -4.91. The highest BCUT2D eigenvalue weighted by atomic mass is 19.4. The molecule has 1 aromatic heterocycles. The van der Waals surface area contributed by atoms with E-state index in [4.69, 9.17) is 0 Å². The van der Waals surface area contributed by atoms with Crippen LogP contribution in [0, 0.1) is 0 Å². The van der Waals surface area contributed by atoms with E-state index in [1.807, 2.05) is 0 Å². The third-order valence-electron chi connectivity index (χ3n) is 2.93. The summed E-state index contributed by atoms with van der Waals surface area (Å²) in [6, 6.07) is 6.78. The van der Waals surface area contributed by atoms with Gasteiger partial charge in [-0.05, 0) is 0 Å². The lowest BCUT2D eigenvalue weighted by atomic mass is 9.91. The van der Waals surface area contributed by atoms with Crippen molar-refractivity contribution in [3.8, 4) is 0 Å². The van der Waals surface area contributed by atoms with Gasteiger partial charge in [-0.3, -0.25) is 9.36 Å². The average Bonchev–Trinajstić information content (AvgIpc) is 2.93. The van der Waals surface area contributed by atoms with E-state index in [2.05, 4.69) is 9.72 Å². The maximum atomic E-state index is 13.5. The summed E-state index contributed by atoms with van der Waals surface area (Å²) >= 11 is 0. The molecular formula is C13H11F3N2O2. The van der Waals surface area contributed by atoms with Crippen LogP contribution in [0.1, 0.15) is 10.4 Å². The lowest BCUT2D eigenvalue weighted by Gasteiger charge is -2.33. The molecule has 4 nitrogen and oxygen atoms in total. The van der Waals surface area contributed by atoms with Crippen molar-refractivity contribution in [2.24, 2.45) is 0 Å². The second-order valence-electron chi connectivity index (χ2n) is 4.02. The van der Waals surface area contributed by atoms with Crippen molar-refractivity contribution in [3.63, 3.8) is 0 Å². The SMILES string of the molecule is COC(C(=O)n1ccnc1)(c1ccccc1)C(F)(F)F. The van der Waals surface area contributed by atoms with E-state index in [1.165, 1.54) is 30.5 Å². The Kier molecular flexibility index (Phi) is 3.63. The van der Waals surface area contributed by atoms with Crippen LogP contribution in [-0.2, 0) is 10.3 Å². The number of carbonyl (C=O) groups is 1. The zero-order chi connectivity index (χ0) is 14.8. The van der Waals surface area contributed by atoms with Gasteiger partial charge in [0.1, 0.15) is 6.33 Å². The highest BCUT2D eigenvalue weighted by Gasteiger charge is 2.63. The normalized spacial score (nSPS) is 14.8. The van der Waals surface area contributed by atoms with Gasteiger partial charge in [-0.25, -0.2) is 4.98 Å². The fraction of sp³-hybridized carbons (Fsp3) is 0.231. The van der Waals surface area contributed by atoms with Gasteiger partial charge in [-0.15, -0.1) is 0 Å². The molecule has 0 aliphatic rings. The number of rotatable bonds is 3. The van der Waals surface area contributed by atoms with Crippen molar-refractivity contribution in [1.82, 2.24) is 9.55 Å². The van der Waals surface area contributed by atoms with Crippen LogP contribution in [0.2, 0.25) is 0 Å². The van der Waals surface area contributed by atoms with Crippen molar-refractivity contribution in [2.75, 3.05) is 7.11 Å². The molecule has 0 bridgehead atoms. The topological polar surface area (TPSA) is 44.1 Å². The molecule has 106 valence electrons. The van der Waals surface area contributed by atoms with Gasteiger partial charge in [0, 0.05) is 25.1 Å². The quantitative estimate of drug-likeness (QED) is 0.870. The molecule has 0 saturated heterocycles. The van der Waals surface area contributed by atoms with Crippen molar-refractivity contribution in [3.05, 3.63) is 54.6 Å². The number of imidazole rings is 1. The number of aromatic nitrogens is 2. The van der Waals surface area contributed by atoms with Gasteiger partial charge in [0.25, 0.3) is 11.5 Å². The standard InChI is InChI=1S/C13H11F3N2O2/c1-20-12(13(14,15)16,10-5-3-2-4-6-10)11(19)18-8-7-17-9-18/h2-9H,1H3. The smallest absolute Gasteiger partial charge is 0.356 e. The number of halogens is 3. The maximum Gasteiger partial charge on any atom is 0.431 e. The van der Waals surface area contributed by atoms with Crippen LogP contribution in [0.5, 0.6) is 0 Å². The number of benzene rings is 1. The Morgan fingerprint density at radius 3 is 2.35 bits per heavy atom. The Balaban J connectivity index is 2.64. The predicted molar refractivity (Wildman–Crippen MR) is 64.0 cm³/mol. The zero-order valence-corrected chi connectivity index (χ0v) is 10.5. The summed E-state index contributed by atoms with van der Waals surface area (Å²) in [5.41, 5.74) is -3.34. The lowest BCUT2D eigenvalue weighted by Crippen LogP contribution is -2.52. The maximum absolute atomic E-state index is 13.5. The Hall–Kier alpha value is -2.15. The van der Waals surface area contributed by atoms with Crippen LogP contribution in [0.25, 0.3) is 0 Å². The Labute approximate surface area is 112 Å². The molecule has 0 amide bonds. The molecule has 0 radical (unpaired) electrons. The van der Waals surface area contributed by atoms with Crippen LogP contribution in [0.3, 0.4) is 0 Å². The molecule has 0 saturated carbocycles. The van der Waals surface area contributed by atoms with Crippen LogP contribution in [0.15, 0.2) is 49.1 Å². The van der Waals surface area contributed by atoms with Crippen LogP contribution < -0.4 is 0 Å². The Morgan fingerprint density at radius 1 is 1.25 bits per heavy atom. The summed E-state index contributed by atoms with van der Waals surface area (Å²) < 4.78 is 46.0. The highest BCUT2D eigenvalue weighted by Crippen LogP contribution is 2.43. The molecule has 0 fully saturated rings. The molecule has 20 heavy (non-hydrogen) atoms. The average molecular weight is 284 g/mol. The Bertz CT molecular complexity index is 581. The number of hydrogen-bond donors (Lipinski definition) is 0. The van der Waals surface area contributed by atoms with Crippen LogP contribution in [0.4, 0.5) is 13.2 Å². The minimum Gasteiger partial charge on any atom is -0.356 e. The molecule has 0 spiro atoms. The first kappa shape index (κ1) is 14.3. The van der Waals surface area contributed by atoms with E-state index < -0.39 is 17.7 Å². The van der Waals surface area contributed by atoms with E-state index in [1.54, 1.807) is 6.07 Å². The Morgan fingerprint density at radius 2 is 1.90 bits per heavy atom. The summed E-state index contributed by atoms with van der Waals surface area (Å²) in [6.07, 6.45) is -1.54. The summed E-state index contributed by atoms with van der Waals surface area (Å²) in [7, 11) is 0.856. The summed E-state index contributed by atoms with van der Waals surface area (Å²) in [4.78, 5) is 15.9. The number of hydrogen-bond acceptors (Lipinski definition) is 3. The molecule has 7 heteroatoms. The van der Waals surface area contributed by atoms with E-state index in [0.29, 0.717) is 0 Å². The van der Waals surface area contributed by atoms with Crippen LogP contribution in [-0.4, -0.2) is 28.7 Å². The van der Waals surface area contributed by atoms with Crippen molar-refractivity contribution in [1.29, 1.82) is 0 Å². The number of carbonyl (C=O) groups excluding carboxylic acids is 1. The molecule has 2 rings (SSSR count). The number of ether oxygens (including phenoxy) is 1. The van der Waals surface area contributed by atoms with Crippen molar-refractivity contribution >= 4 is 5.91 Å². The van der Waals surface area contributed by atoms with Crippen molar-refractivity contribution < 1.29 is 22.7 Å². The fourth-order valence-corrected chi connectivity index (χ4v) is 1.96. The molecule has 1 heterocycles. The largest absolute Gasteiger partial charge is 0.431 e. The third-order valence-corrected chi connectivity index (χ3v) is 2.93. The fourth-order valence-electron chi connectivity index (χ4n) is 1.96. The molecular weight excluding hydrogens is 273 g/mol. The predicted octanol–water partition coefficient (Wildman–Crippen LogP) is 2.63. The lowest BCUT2D eigenvalue weighted by molar-refractivity contribution is -0.253. The van der Waals surface area contributed by atoms with Gasteiger partial charge in [-0.1, -0.05) is 30.3 Å². The second kappa shape index (κ2) is 5.09. The van der Waals surface area contributed by atoms with Gasteiger partial charge in [0.2, 0.25) is 0 Å². The van der Waals surface area contributed by atoms with Gasteiger partial charge in [-0.2, -0.15) is 13.2 Å². The second-order valence-corrected chi connectivity index (χ2v) is 4.02. The third kappa shape index (κ3) is 2.09. The molecule has 0 aliphatic heterocycles. The van der Waals surface area contributed by atoms with E-state index in [-0.39, 0.29) is 5.56 Å². The van der Waals surface area contributed by atoms with Gasteiger partial charge in [0.15, 0.2) is 0 Å². The number of nitrogens with zero attached hydrogens (tertiary/aromatic N) is 2. The molecule has 0 N–H and O–H groups in total. The summed E-state index contributed by atoms with van der Waals surface area (Å²) in [6.45, 7) is 0. The van der Waals surface area contributed by atoms with Crippen LogP contribution >= 0.6 is 0 Å².